The predicted molar refractivity (Wildman–Crippen MR) is 133 cm³/mol. The fourth-order valence-electron chi connectivity index (χ4n) is 3.22. The number of nitrogens with zero attached hydrogens (tertiary/aromatic N) is 1. The average Bonchev–Trinajstić information content (AvgIpc) is 2.82. The molecular formula is C21H22BrClN6O7. The molecule has 15 heteroatoms. The molecule has 2 amide bonds. The number of H-pyrrole nitrogens is 1. The Kier molecular flexibility index (Phi) is 8.90. The zero-order chi connectivity index (χ0) is 26.4. The van der Waals surface area contributed by atoms with Crippen molar-refractivity contribution in [1.82, 2.24) is 20.9 Å². The molecule has 3 rings (SSSR count). The number of aromatic nitrogens is 1. The number of aliphatic carboxylic acids is 1. The number of carbonyl (C=O) groups is 3. The van der Waals surface area contributed by atoms with Crippen molar-refractivity contribution >= 4 is 57.0 Å². The maximum atomic E-state index is 12.5. The van der Waals surface area contributed by atoms with Crippen molar-refractivity contribution in [2.75, 3.05) is 25.0 Å². The lowest BCUT2D eigenvalue weighted by molar-refractivity contribution is -0.137. The number of benzene rings is 1. The molecule has 0 bridgehead atoms. The number of aliphatic hydroxyl groups excluding tert-OH is 1. The van der Waals surface area contributed by atoms with Crippen LogP contribution in [0.25, 0.3) is 0 Å². The zero-order valence-electron chi connectivity index (χ0n) is 18.5. The zero-order valence-corrected chi connectivity index (χ0v) is 20.8. The van der Waals surface area contributed by atoms with Crippen LogP contribution in [0, 0.1) is 0 Å². The second-order valence-corrected chi connectivity index (χ2v) is 9.00. The van der Waals surface area contributed by atoms with Gasteiger partial charge in [-0.1, -0.05) is 11.6 Å². The monoisotopic (exact) mass is 584 g/mol. The van der Waals surface area contributed by atoms with Gasteiger partial charge in [0, 0.05) is 23.3 Å². The molecule has 13 nitrogen and oxygen atoms in total. The summed E-state index contributed by atoms with van der Waals surface area (Å²) >= 11 is 9.10. The Hall–Kier alpha value is -3.62. The number of aliphatic imine (C=N–C) groups is 1. The van der Waals surface area contributed by atoms with Crippen LogP contribution in [0.1, 0.15) is 28.4 Å². The number of β-amino-alcohol motifs (C(OH)–C–C–N with tert-alkyl or cyclic N) is 1. The van der Waals surface area contributed by atoms with Crippen LogP contribution in [0.5, 0.6) is 5.75 Å². The van der Waals surface area contributed by atoms with Gasteiger partial charge in [-0.15, -0.1) is 0 Å². The normalized spacial score (nSPS) is 15.8. The van der Waals surface area contributed by atoms with E-state index in [2.05, 4.69) is 47.2 Å². The summed E-state index contributed by atoms with van der Waals surface area (Å²) in [4.78, 5) is 54.9. The van der Waals surface area contributed by atoms with Gasteiger partial charge in [-0.05, 0) is 34.1 Å². The van der Waals surface area contributed by atoms with Crippen LogP contribution in [0.2, 0.25) is 5.02 Å². The smallest absolute Gasteiger partial charge is 0.305 e. The highest BCUT2D eigenvalue weighted by Gasteiger charge is 2.23. The van der Waals surface area contributed by atoms with Gasteiger partial charge in [0.25, 0.3) is 11.5 Å². The van der Waals surface area contributed by atoms with Crippen molar-refractivity contribution in [3.63, 3.8) is 0 Å². The Bertz CT molecular complexity index is 1270. The Labute approximate surface area is 217 Å². The number of pyridine rings is 1. The van der Waals surface area contributed by atoms with Crippen molar-refractivity contribution in [1.29, 1.82) is 0 Å². The first-order valence-corrected chi connectivity index (χ1v) is 11.6. The van der Waals surface area contributed by atoms with Gasteiger partial charge in [0.1, 0.15) is 11.4 Å². The number of rotatable bonds is 8. The third kappa shape index (κ3) is 7.19. The summed E-state index contributed by atoms with van der Waals surface area (Å²) in [6.07, 6.45) is -0.0317. The minimum atomic E-state index is -1.24. The first-order valence-electron chi connectivity index (χ1n) is 10.5. The van der Waals surface area contributed by atoms with Gasteiger partial charge in [0.15, 0.2) is 5.96 Å². The SMILES string of the molecule is O=C(O)CC(NC(=O)CNC(=O)c1c[nH]c(=O)c(NC2=NCC(O)CN2)c1)c1cc(Cl)cc(Br)c1O. The van der Waals surface area contributed by atoms with Crippen LogP contribution in [-0.4, -0.2) is 69.8 Å². The molecule has 0 aliphatic carbocycles. The number of amides is 2. The molecule has 1 aromatic carbocycles. The lowest BCUT2D eigenvalue weighted by atomic mass is 10.0. The number of carboxylic acids is 1. The number of guanidine groups is 1. The molecular weight excluding hydrogens is 564 g/mol. The minimum absolute atomic E-state index is 0.0123. The van der Waals surface area contributed by atoms with Crippen molar-refractivity contribution in [2.45, 2.75) is 18.6 Å². The van der Waals surface area contributed by atoms with Gasteiger partial charge in [-0.3, -0.25) is 24.2 Å². The third-order valence-electron chi connectivity index (χ3n) is 4.94. The number of aromatic hydroxyl groups is 1. The number of carboxylic acid groups (broad SMARTS) is 1. The second-order valence-electron chi connectivity index (χ2n) is 7.71. The number of aliphatic hydroxyl groups is 1. The number of hydrogen-bond acceptors (Lipinski definition) is 9. The number of anilines is 1. The Morgan fingerprint density at radius 1 is 1.28 bits per heavy atom. The number of nitrogens with one attached hydrogen (secondary N) is 5. The fraction of sp³-hybridized carbons (Fsp3) is 0.286. The molecule has 192 valence electrons. The minimum Gasteiger partial charge on any atom is -0.506 e. The van der Waals surface area contributed by atoms with Gasteiger partial charge in [0.2, 0.25) is 5.91 Å². The largest absolute Gasteiger partial charge is 0.506 e. The van der Waals surface area contributed by atoms with E-state index in [1.165, 1.54) is 18.2 Å². The topological polar surface area (TPSA) is 205 Å². The molecule has 8 N–H and O–H groups in total. The van der Waals surface area contributed by atoms with Crippen LogP contribution in [-0.2, 0) is 9.59 Å². The molecule has 0 fully saturated rings. The highest BCUT2D eigenvalue weighted by molar-refractivity contribution is 9.10. The molecule has 0 saturated carbocycles. The van der Waals surface area contributed by atoms with Crippen molar-refractivity contribution in [3.8, 4) is 5.75 Å². The van der Waals surface area contributed by atoms with E-state index in [0.29, 0.717) is 0 Å². The molecule has 1 aliphatic rings. The van der Waals surface area contributed by atoms with Gasteiger partial charge in [-0.2, -0.15) is 0 Å². The molecule has 0 spiro atoms. The van der Waals surface area contributed by atoms with E-state index in [-0.39, 0.29) is 51.1 Å². The number of carbonyl (C=O) groups excluding carboxylic acids is 2. The van der Waals surface area contributed by atoms with Gasteiger partial charge < -0.3 is 41.6 Å². The van der Waals surface area contributed by atoms with E-state index in [4.69, 9.17) is 11.6 Å². The summed E-state index contributed by atoms with van der Waals surface area (Å²) in [6.45, 7) is -0.132. The number of phenolic OH excluding ortho intramolecular Hbond substituents is 1. The summed E-state index contributed by atoms with van der Waals surface area (Å²) in [5, 5.41) is 39.6. The van der Waals surface area contributed by atoms with E-state index >= 15 is 0 Å². The molecule has 1 aromatic heterocycles. The van der Waals surface area contributed by atoms with Crippen molar-refractivity contribution in [2.24, 2.45) is 4.99 Å². The maximum absolute atomic E-state index is 12.5. The van der Waals surface area contributed by atoms with Gasteiger partial charge >= 0.3 is 5.97 Å². The average molecular weight is 586 g/mol. The molecule has 2 unspecified atom stereocenters. The quantitative estimate of drug-likeness (QED) is 0.214. The molecule has 0 saturated heterocycles. The van der Waals surface area contributed by atoms with E-state index in [0.717, 1.165) is 6.20 Å². The second kappa shape index (κ2) is 11.9. The van der Waals surface area contributed by atoms with Gasteiger partial charge in [-0.25, -0.2) is 0 Å². The van der Waals surface area contributed by atoms with Crippen LogP contribution in [0.3, 0.4) is 0 Å². The third-order valence-corrected chi connectivity index (χ3v) is 5.76. The van der Waals surface area contributed by atoms with Gasteiger partial charge in [0.05, 0.1) is 41.7 Å². The molecule has 0 radical (unpaired) electrons. The number of aromatic amines is 1. The highest BCUT2D eigenvalue weighted by Crippen LogP contribution is 2.36. The summed E-state index contributed by atoms with van der Waals surface area (Å²) in [6, 6.07) is 2.87. The van der Waals surface area contributed by atoms with Crippen LogP contribution in [0.15, 0.2) is 38.7 Å². The molecule has 1 aliphatic heterocycles. The Morgan fingerprint density at radius 2 is 2.03 bits per heavy atom. The molecule has 2 aromatic rings. The molecule has 2 atom stereocenters. The van der Waals surface area contributed by atoms with Crippen molar-refractivity contribution < 1.29 is 29.7 Å². The van der Waals surface area contributed by atoms with Crippen molar-refractivity contribution in [3.05, 3.63) is 55.4 Å². The Balaban J connectivity index is 1.66. The predicted octanol–water partition coefficient (Wildman–Crippen LogP) is 0.290. The van der Waals surface area contributed by atoms with E-state index < -0.39 is 48.5 Å². The maximum Gasteiger partial charge on any atom is 0.305 e. The van der Waals surface area contributed by atoms with E-state index in [1.807, 2.05) is 0 Å². The van der Waals surface area contributed by atoms with Crippen LogP contribution < -0.4 is 26.8 Å². The van der Waals surface area contributed by atoms with E-state index in [1.54, 1.807) is 0 Å². The standard InChI is InChI=1S/C21H22BrClN6O7/c22-13-3-10(23)2-12(18(13)34)14(4-17(32)33)28-16(31)8-25-19(35)9-1-15(20(36)24-5-9)29-21-26-6-11(30)7-27-21/h1-3,5,11,14,30,34H,4,6-8H2,(H,24,36)(H,25,35)(H,28,31)(H,32,33)(H2,26,27,29). The summed E-state index contributed by atoms with van der Waals surface area (Å²) in [5.74, 6) is -2.69. The summed E-state index contributed by atoms with van der Waals surface area (Å²) in [7, 11) is 0. The van der Waals surface area contributed by atoms with Crippen LogP contribution >= 0.6 is 27.5 Å². The summed E-state index contributed by atoms with van der Waals surface area (Å²) < 4.78 is 0.219. The number of hydrogen-bond donors (Lipinski definition) is 8. The lowest BCUT2D eigenvalue weighted by Gasteiger charge is -2.20. The van der Waals surface area contributed by atoms with E-state index in [9.17, 15) is 34.5 Å². The number of halogens is 2. The first kappa shape index (κ1) is 27.0. The lowest BCUT2D eigenvalue weighted by Crippen LogP contribution is -2.43. The first-order chi connectivity index (χ1) is 17.0. The fourth-order valence-corrected chi connectivity index (χ4v) is 4.06. The highest BCUT2D eigenvalue weighted by atomic mass is 79.9. The Morgan fingerprint density at radius 3 is 2.69 bits per heavy atom. The van der Waals surface area contributed by atoms with Crippen LogP contribution in [0.4, 0.5) is 5.69 Å². The summed E-state index contributed by atoms with van der Waals surface area (Å²) in [5.41, 5.74) is -0.401. The molecule has 2 heterocycles. The molecule has 36 heavy (non-hydrogen) atoms. The number of phenols is 1.